The van der Waals surface area contributed by atoms with Crippen LogP contribution in [-0.2, 0) is 10.0 Å². The summed E-state index contributed by atoms with van der Waals surface area (Å²) in [6.07, 6.45) is 0. The number of benzene rings is 2. The molecular formula is C20H24N2O4S. The number of hydrogen-bond acceptors (Lipinski definition) is 5. The van der Waals surface area contributed by atoms with Gasteiger partial charge >= 0.3 is 0 Å². The van der Waals surface area contributed by atoms with Crippen molar-refractivity contribution >= 4 is 21.5 Å². The van der Waals surface area contributed by atoms with Gasteiger partial charge in [-0.15, -0.1) is 0 Å². The van der Waals surface area contributed by atoms with Crippen molar-refractivity contribution in [1.29, 1.82) is 0 Å². The second-order valence-corrected chi connectivity index (χ2v) is 8.34. The number of Topliss-reactive ketones (excluding diaryl/α,β-unsaturated/α-hetero) is 1. The Morgan fingerprint density at radius 1 is 0.963 bits per heavy atom. The summed E-state index contributed by atoms with van der Waals surface area (Å²) < 4.78 is 32.6. The summed E-state index contributed by atoms with van der Waals surface area (Å²) in [4.78, 5) is 13.8. The van der Waals surface area contributed by atoms with Crippen LogP contribution < -0.4 is 9.64 Å². The molecule has 0 radical (unpaired) electrons. The first-order chi connectivity index (χ1) is 12.9. The quantitative estimate of drug-likeness (QED) is 0.712. The van der Waals surface area contributed by atoms with Gasteiger partial charge in [-0.1, -0.05) is 0 Å². The van der Waals surface area contributed by atoms with Crippen LogP contribution in [0.2, 0.25) is 0 Å². The zero-order valence-electron chi connectivity index (χ0n) is 15.6. The molecule has 1 fully saturated rings. The standard InChI is InChI=1S/C20H24N2O4S/c1-3-26-19-8-10-20(11-9-19)27(24,25)22-14-12-21(13-15-22)18-6-4-17(5-7-18)16(2)23/h4-11H,3,12-15H2,1-2H3. The Labute approximate surface area is 160 Å². The Hall–Kier alpha value is -2.38. The molecule has 0 atom stereocenters. The Bertz CT molecular complexity index is 885. The summed E-state index contributed by atoms with van der Waals surface area (Å²) in [5.74, 6) is 0.697. The molecule has 6 nitrogen and oxygen atoms in total. The summed E-state index contributed by atoms with van der Waals surface area (Å²) in [6.45, 7) is 6.03. The van der Waals surface area contributed by atoms with Gasteiger partial charge in [0.1, 0.15) is 5.75 Å². The van der Waals surface area contributed by atoms with Gasteiger partial charge in [0, 0.05) is 37.4 Å². The molecule has 3 rings (SSSR count). The largest absolute Gasteiger partial charge is 0.494 e. The van der Waals surface area contributed by atoms with E-state index < -0.39 is 10.0 Å². The maximum Gasteiger partial charge on any atom is 0.243 e. The van der Waals surface area contributed by atoms with Crippen molar-refractivity contribution in [2.75, 3.05) is 37.7 Å². The number of piperazine rings is 1. The topological polar surface area (TPSA) is 66.9 Å². The van der Waals surface area contributed by atoms with E-state index in [9.17, 15) is 13.2 Å². The Kier molecular flexibility index (Phi) is 5.82. The molecule has 0 bridgehead atoms. The zero-order chi connectivity index (χ0) is 19.4. The van der Waals surface area contributed by atoms with Gasteiger partial charge in [0.15, 0.2) is 5.78 Å². The first-order valence-electron chi connectivity index (χ1n) is 9.01. The van der Waals surface area contributed by atoms with Crippen molar-refractivity contribution in [2.24, 2.45) is 0 Å². The fourth-order valence-electron chi connectivity index (χ4n) is 3.12. The highest BCUT2D eigenvalue weighted by Gasteiger charge is 2.28. The fraction of sp³-hybridized carbons (Fsp3) is 0.350. The normalized spacial score (nSPS) is 15.6. The molecule has 0 saturated carbocycles. The maximum absolute atomic E-state index is 12.8. The van der Waals surface area contributed by atoms with E-state index in [-0.39, 0.29) is 10.7 Å². The average molecular weight is 388 g/mol. The number of carbonyl (C=O) groups is 1. The fourth-order valence-corrected chi connectivity index (χ4v) is 4.54. The second kappa shape index (κ2) is 8.10. The molecule has 0 unspecified atom stereocenters. The van der Waals surface area contributed by atoms with Crippen LogP contribution in [0.15, 0.2) is 53.4 Å². The first-order valence-corrected chi connectivity index (χ1v) is 10.4. The molecule has 2 aromatic carbocycles. The van der Waals surface area contributed by atoms with Gasteiger partial charge < -0.3 is 9.64 Å². The smallest absolute Gasteiger partial charge is 0.243 e. The number of ether oxygens (including phenoxy) is 1. The summed E-state index contributed by atoms with van der Waals surface area (Å²) in [7, 11) is -3.51. The highest BCUT2D eigenvalue weighted by atomic mass is 32.2. The van der Waals surface area contributed by atoms with Gasteiger partial charge in [-0.2, -0.15) is 4.31 Å². The van der Waals surface area contributed by atoms with E-state index in [0.717, 1.165) is 5.69 Å². The number of sulfonamides is 1. The van der Waals surface area contributed by atoms with E-state index in [1.807, 2.05) is 19.1 Å². The van der Waals surface area contributed by atoms with Gasteiger partial charge in [-0.25, -0.2) is 8.42 Å². The van der Waals surface area contributed by atoms with Gasteiger partial charge in [-0.3, -0.25) is 4.79 Å². The predicted octanol–water partition coefficient (Wildman–Crippen LogP) is 2.80. The van der Waals surface area contributed by atoms with Crippen molar-refractivity contribution in [3.05, 3.63) is 54.1 Å². The summed E-state index contributed by atoms with van der Waals surface area (Å²) in [5, 5.41) is 0. The number of hydrogen-bond donors (Lipinski definition) is 0. The Morgan fingerprint density at radius 3 is 2.07 bits per heavy atom. The van der Waals surface area contributed by atoms with Crippen molar-refractivity contribution in [1.82, 2.24) is 4.31 Å². The van der Waals surface area contributed by atoms with Crippen LogP contribution in [0.3, 0.4) is 0 Å². The highest BCUT2D eigenvalue weighted by molar-refractivity contribution is 7.89. The molecule has 0 N–H and O–H groups in total. The summed E-state index contributed by atoms with van der Waals surface area (Å²) in [5.41, 5.74) is 1.67. The number of nitrogens with zero attached hydrogens (tertiary/aromatic N) is 2. The van der Waals surface area contributed by atoms with E-state index in [2.05, 4.69) is 4.90 Å². The van der Waals surface area contributed by atoms with Crippen molar-refractivity contribution in [3.63, 3.8) is 0 Å². The molecule has 27 heavy (non-hydrogen) atoms. The molecule has 7 heteroatoms. The zero-order valence-corrected chi connectivity index (χ0v) is 16.4. The minimum atomic E-state index is -3.51. The molecule has 0 aromatic heterocycles. The van der Waals surface area contributed by atoms with Gasteiger partial charge in [0.05, 0.1) is 11.5 Å². The predicted molar refractivity (Wildman–Crippen MR) is 105 cm³/mol. The van der Waals surface area contributed by atoms with E-state index in [4.69, 9.17) is 4.74 Å². The second-order valence-electron chi connectivity index (χ2n) is 6.40. The average Bonchev–Trinajstić information content (AvgIpc) is 2.69. The lowest BCUT2D eigenvalue weighted by Crippen LogP contribution is -2.48. The van der Waals surface area contributed by atoms with Crippen LogP contribution in [0, 0.1) is 0 Å². The van der Waals surface area contributed by atoms with Crippen LogP contribution in [0.4, 0.5) is 5.69 Å². The molecule has 1 saturated heterocycles. The van der Waals surface area contributed by atoms with Crippen LogP contribution >= 0.6 is 0 Å². The highest BCUT2D eigenvalue weighted by Crippen LogP contribution is 2.23. The summed E-state index contributed by atoms with van der Waals surface area (Å²) >= 11 is 0. The van der Waals surface area contributed by atoms with E-state index >= 15 is 0 Å². The molecule has 1 aliphatic heterocycles. The Morgan fingerprint density at radius 2 is 1.56 bits per heavy atom. The number of anilines is 1. The SMILES string of the molecule is CCOc1ccc(S(=O)(=O)N2CCN(c3ccc(C(C)=O)cc3)CC2)cc1. The minimum Gasteiger partial charge on any atom is -0.494 e. The minimum absolute atomic E-state index is 0.0350. The monoisotopic (exact) mass is 388 g/mol. The molecule has 0 amide bonds. The maximum atomic E-state index is 12.8. The lowest BCUT2D eigenvalue weighted by Gasteiger charge is -2.35. The lowest BCUT2D eigenvalue weighted by molar-refractivity contribution is 0.101. The number of rotatable bonds is 6. The van der Waals surface area contributed by atoms with Crippen molar-refractivity contribution in [2.45, 2.75) is 18.7 Å². The third kappa shape index (κ3) is 4.31. The van der Waals surface area contributed by atoms with Gasteiger partial charge in [0.2, 0.25) is 10.0 Å². The van der Waals surface area contributed by atoms with Gasteiger partial charge in [0.25, 0.3) is 0 Å². The van der Waals surface area contributed by atoms with Crippen molar-refractivity contribution in [3.8, 4) is 5.75 Å². The van der Waals surface area contributed by atoms with E-state index in [0.29, 0.717) is 44.1 Å². The van der Waals surface area contributed by atoms with Gasteiger partial charge in [-0.05, 0) is 62.4 Å². The first kappa shape index (κ1) is 19.4. The molecular weight excluding hydrogens is 364 g/mol. The van der Waals surface area contributed by atoms with Crippen LogP contribution in [0.5, 0.6) is 5.75 Å². The molecule has 0 aliphatic carbocycles. The van der Waals surface area contributed by atoms with E-state index in [1.54, 1.807) is 43.3 Å². The molecule has 0 spiro atoms. The number of ketones is 1. The molecule has 144 valence electrons. The van der Waals surface area contributed by atoms with E-state index in [1.165, 1.54) is 4.31 Å². The van der Waals surface area contributed by atoms with Crippen LogP contribution in [-0.4, -0.2) is 51.3 Å². The lowest BCUT2D eigenvalue weighted by atomic mass is 10.1. The molecule has 2 aromatic rings. The van der Waals surface area contributed by atoms with Crippen molar-refractivity contribution < 1.29 is 17.9 Å². The molecule has 1 heterocycles. The summed E-state index contributed by atoms with van der Waals surface area (Å²) in [6, 6.07) is 14.0. The van der Waals surface area contributed by atoms with Crippen LogP contribution in [0.25, 0.3) is 0 Å². The number of carbonyl (C=O) groups excluding carboxylic acids is 1. The Balaban J connectivity index is 1.66. The third-order valence-corrected chi connectivity index (χ3v) is 6.56. The third-order valence-electron chi connectivity index (χ3n) is 4.65. The molecule has 1 aliphatic rings. The van der Waals surface area contributed by atoms with Crippen LogP contribution in [0.1, 0.15) is 24.2 Å².